The van der Waals surface area contributed by atoms with E-state index < -0.39 is 6.43 Å². The Hall–Kier alpha value is -2.58. The smallest absolute Gasteiger partial charge is 0.272 e. The van der Waals surface area contributed by atoms with E-state index >= 15 is 0 Å². The first-order chi connectivity index (χ1) is 14.0. The summed E-state index contributed by atoms with van der Waals surface area (Å²) in [6.07, 6.45) is 2.22. The quantitative estimate of drug-likeness (QED) is 0.660. The highest BCUT2D eigenvalue weighted by molar-refractivity contribution is 6.30. The number of aromatic amines is 1. The molecule has 2 N–H and O–H groups in total. The Balaban J connectivity index is 1.49. The molecule has 0 bridgehead atoms. The number of H-pyrrole nitrogens is 1. The number of alkyl halides is 2. The molecular weight excluding hydrogens is 400 g/mol. The maximum absolute atomic E-state index is 12.8. The second-order valence-electron chi connectivity index (χ2n) is 7.16. The zero-order valence-corrected chi connectivity index (χ0v) is 16.3. The predicted molar refractivity (Wildman–Crippen MR) is 107 cm³/mol. The van der Waals surface area contributed by atoms with E-state index in [1.807, 2.05) is 24.3 Å². The number of rotatable bonds is 5. The number of likely N-dealkylation sites (tertiary alicyclic amines) is 1. The van der Waals surface area contributed by atoms with Crippen molar-refractivity contribution in [2.24, 2.45) is 0 Å². The second-order valence-corrected chi connectivity index (χ2v) is 7.60. The van der Waals surface area contributed by atoms with Crippen LogP contribution in [0.25, 0.3) is 22.0 Å². The van der Waals surface area contributed by atoms with Crippen molar-refractivity contribution in [3.05, 3.63) is 47.4 Å². The fourth-order valence-corrected chi connectivity index (χ4v) is 3.82. The lowest BCUT2D eigenvalue weighted by molar-refractivity contribution is 0.0695. The standard InChI is InChI=1S/C20H20ClF2N5O/c21-14-7-13(9-24-10-14)12-1-2-17-16(8-12)19(27-26-17)20(29)25-15-3-5-28(6-4-15)11-18(22)23/h1-2,7-10,15,18H,3-6,11H2,(H,25,29)(H,26,27). The Labute approximate surface area is 171 Å². The molecule has 29 heavy (non-hydrogen) atoms. The maximum Gasteiger partial charge on any atom is 0.272 e. The van der Waals surface area contributed by atoms with E-state index in [0.717, 1.165) is 16.6 Å². The average molecular weight is 420 g/mol. The average Bonchev–Trinajstić information content (AvgIpc) is 3.12. The molecule has 0 aliphatic carbocycles. The topological polar surface area (TPSA) is 73.9 Å². The lowest BCUT2D eigenvalue weighted by Crippen LogP contribution is -2.45. The lowest BCUT2D eigenvalue weighted by Gasteiger charge is -2.31. The van der Waals surface area contributed by atoms with Gasteiger partial charge in [0.05, 0.1) is 17.1 Å². The van der Waals surface area contributed by atoms with Crippen LogP contribution in [0.3, 0.4) is 0 Å². The van der Waals surface area contributed by atoms with Gasteiger partial charge in [0.25, 0.3) is 12.3 Å². The van der Waals surface area contributed by atoms with Crippen molar-refractivity contribution in [2.45, 2.75) is 25.3 Å². The van der Waals surface area contributed by atoms with E-state index in [1.165, 1.54) is 0 Å². The van der Waals surface area contributed by atoms with Gasteiger partial charge in [-0.25, -0.2) is 8.78 Å². The summed E-state index contributed by atoms with van der Waals surface area (Å²) < 4.78 is 25.0. The number of carbonyl (C=O) groups is 1. The number of piperidine rings is 1. The molecule has 6 nitrogen and oxygen atoms in total. The first-order valence-electron chi connectivity index (χ1n) is 9.40. The number of amides is 1. The third-order valence-corrected chi connectivity index (χ3v) is 5.34. The van der Waals surface area contributed by atoms with E-state index in [1.54, 1.807) is 17.3 Å². The highest BCUT2D eigenvalue weighted by Gasteiger charge is 2.24. The van der Waals surface area contributed by atoms with Gasteiger partial charge >= 0.3 is 0 Å². The summed E-state index contributed by atoms with van der Waals surface area (Å²) in [5.41, 5.74) is 2.79. The van der Waals surface area contributed by atoms with E-state index in [4.69, 9.17) is 11.6 Å². The van der Waals surface area contributed by atoms with Crippen LogP contribution >= 0.6 is 11.6 Å². The van der Waals surface area contributed by atoms with Crippen LogP contribution in [0.2, 0.25) is 5.02 Å². The summed E-state index contributed by atoms with van der Waals surface area (Å²) in [7, 11) is 0. The zero-order valence-electron chi connectivity index (χ0n) is 15.5. The number of carbonyl (C=O) groups excluding carboxylic acids is 1. The number of halogens is 3. The SMILES string of the molecule is O=C(NC1CCN(CC(F)F)CC1)c1n[nH]c2ccc(-c3cncc(Cl)c3)cc12. The fourth-order valence-electron chi connectivity index (χ4n) is 3.65. The van der Waals surface area contributed by atoms with E-state index in [-0.39, 0.29) is 18.5 Å². The van der Waals surface area contributed by atoms with Crippen LogP contribution in [0.4, 0.5) is 8.78 Å². The van der Waals surface area contributed by atoms with Crippen LogP contribution in [0.1, 0.15) is 23.3 Å². The fraction of sp³-hybridized carbons (Fsp3) is 0.350. The van der Waals surface area contributed by atoms with E-state index in [0.29, 0.717) is 42.0 Å². The third kappa shape index (κ3) is 4.54. The van der Waals surface area contributed by atoms with Gasteiger partial charge in [-0.1, -0.05) is 17.7 Å². The normalized spacial score (nSPS) is 15.9. The molecule has 1 aliphatic rings. The number of nitrogens with one attached hydrogen (secondary N) is 2. The molecule has 1 saturated heterocycles. The summed E-state index contributed by atoms with van der Waals surface area (Å²) in [5.74, 6) is -0.273. The first-order valence-corrected chi connectivity index (χ1v) is 9.78. The Morgan fingerprint density at radius 2 is 2.03 bits per heavy atom. The molecule has 3 aromatic rings. The van der Waals surface area contributed by atoms with Gasteiger partial charge in [-0.15, -0.1) is 0 Å². The molecule has 1 fully saturated rings. The third-order valence-electron chi connectivity index (χ3n) is 5.14. The van der Waals surface area contributed by atoms with Crippen molar-refractivity contribution in [3.8, 4) is 11.1 Å². The number of nitrogens with zero attached hydrogens (tertiary/aromatic N) is 3. The number of benzene rings is 1. The van der Waals surface area contributed by atoms with Crippen molar-refractivity contribution >= 4 is 28.4 Å². The van der Waals surface area contributed by atoms with Crippen molar-refractivity contribution < 1.29 is 13.6 Å². The minimum atomic E-state index is -2.33. The number of pyridine rings is 1. The summed E-state index contributed by atoms with van der Waals surface area (Å²) in [6.45, 7) is 0.872. The van der Waals surface area contributed by atoms with Gasteiger partial charge in [0.15, 0.2) is 5.69 Å². The largest absolute Gasteiger partial charge is 0.348 e. The Morgan fingerprint density at radius 3 is 2.76 bits per heavy atom. The van der Waals surface area contributed by atoms with Crippen LogP contribution in [0, 0.1) is 0 Å². The number of hydrogen-bond donors (Lipinski definition) is 2. The van der Waals surface area contributed by atoms with Gasteiger partial charge < -0.3 is 5.32 Å². The molecule has 0 unspecified atom stereocenters. The van der Waals surface area contributed by atoms with Gasteiger partial charge in [-0.05, 0) is 36.6 Å². The molecule has 9 heteroatoms. The predicted octanol–water partition coefficient (Wildman–Crippen LogP) is 3.74. The summed E-state index contributed by atoms with van der Waals surface area (Å²) in [6, 6.07) is 7.41. The van der Waals surface area contributed by atoms with Crippen LogP contribution in [0.15, 0.2) is 36.7 Å². The van der Waals surface area contributed by atoms with E-state index in [9.17, 15) is 13.6 Å². The Bertz CT molecular complexity index is 1020. The number of fused-ring (bicyclic) bond motifs is 1. The lowest BCUT2D eigenvalue weighted by atomic mass is 10.0. The molecule has 0 spiro atoms. The van der Waals surface area contributed by atoms with E-state index in [2.05, 4.69) is 20.5 Å². The van der Waals surface area contributed by atoms with Gasteiger partial charge in [-0.2, -0.15) is 5.10 Å². The van der Waals surface area contributed by atoms with Gasteiger partial charge in [0.2, 0.25) is 0 Å². The Kier molecular flexibility index (Phi) is 5.73. The van der Waals surface area contributed by atoms with Crippen LogP contribution < -0.4 is 5.32 Å². The van der Waals surface area contributed by atoms with Crippen LogP contribution in [-0.2, 0) is 0 Å². The zero-order chi connectivity index (χ0) is 20.4. The van der Waals surface area contributed by atoms with Gasteiger partial charge in [0, 0.05) is 42.5 Å². The summed E-state index contributed by atoms with van der Waals surface area (Å²) in [5, 5.41) is 11.3. The summed E-state index contributed by atoms with van der Waals surface area (Å²) >= 11 is 6.03. The van der Waals surface area contributed by atoms with Crippen molar-refractivity contribution in [1.29, 1.82) is 0 Å². The number of hydrogen-bond acceptors (Lipinski definition) is 4. The van der Waals surface area contributed by atoms with Crippen molar-refractivity contribution in [1.82, 2.24) is 25.4 Å². The molecule has 1 aliphatic heterocycles. The van der Waals surface area contributed by atoms with Gasteiger partial charge in [0.1, 0.15) is 0 Å². The van der Waals surface area contributed by atoms with Crippen molar-refractivity contribution in [3.63, 3.8) is 0 Å². The Morgan fingerprint density at radius 1 is 1.24 bits per heavy atom. The van der Waals surface area contributed by atoms with Crippen LogP contribution in [0.5, 0.6) is 0 Å². The van der Waals surface area contributed by atoms with Crippen molar-refractivity contribution in [2.75, 3.05) is 19.6 Å². The highest BCUT2D eigenvalue weighted by atomic mass is 35.5. The summed E-state index contributed by atoms with van der Waals surface area (Å²) in [4.78, 5) is 18.6. The molecule has 2 aromatic heterocycles. The molecule has 152 valence electrons. The molecule has 3 heterocycles. The van der Waals surface area contributed by atoms with Gasteiger partial charge in [-0.3, -0.25) is 19.8 Å². The molecule has 0 radical (unpaired) electrons. The molecule has 4 rings (SSSR count). The molecule has 0 atom stereocenters. The maximum atomic E-state index is 12.8. The molecule has 0 saturated carbocycles. The molecular formula is C20H20ClF2N5O. The number of aromatic nitrogens is 3. The second kappa shape index (κ2) is 8.42. The minimum Gasteiger partial charge on any atom is -0.348 e. The first kappa shape index (κ1) is 19.7. The molecule has 1 aromatic carbocycles. The minimum absolute atomic E-state index is 0.0523. The monoisotopic (exact) mass is 419 g/mol. The highest BCUT2D eigenvalue weighted by Crippen LogP contribution is 2.26. The van der Waals surface area contributed by atoms with Crippen LogP contribution in [-0.4, -0.2) is 58.1 Å². The molecule has 1 amide bonds.